The van der Waals surface area contributed by atoms with Crippen molar-refractivity contribution in [1.29, 1.82) is 0 Å². The molecule has 0 spiro atoms. The van der Waals surface area contributed by atoms with Crippen LogP contribution in [0, 0.1) is 0 Å². The van der Waals surface area contributed by atoms with Gasteiger partial charge in [0.2, 0.25) is 0 Å². The third kappa shape index (κ3) is 3.98. The monoisotopic (exact) mass is 412 g/mol. The standard InChI is InChI=1S/C23H25ClN2O3/c1-27-17-8-9-22(29-3)19(12-17)21-5-4-10-26(21)14-16-11-15-6-7-18(28-2)13-20(15)25-23(16)24/h6-9,11-13,21H,4-5,10,14H2,1-3H3/t21-/m1/s1. The molecule has 0 saturated carbocycles. The van der Waals surface area contributed by atoms with Gasteiger partial charge in [-0.25, -0.2) is 4.98 Å². The zero-order valence-electron chi connectivity index (χ0n) is 16.9. The van der Waals surface area contributed by atoms with Crippen LogP contribution < -0.4 is 14.2 Å². The summed E-state index contributed by atoms with van der Waals surface area (Å²) in [5, 5.41) is 1.59. The number of rotatable bonds is 6. The smallest absolute Gasteiger partial charge is 0.134 e. The van der Waals surface area contributed by atoms with Crippen molar-refractivity contribution in [2.75, 3.05) is 27.9 Å². The molecule has 2 aromatic carbocycles. The van der Waals surface area contributed by atoms with Crippen LogP contribution in [0.4, 0.5) is 0 Å². The highest BCUT2D eigenvalue weighted by Gasteiger charge is 2.29. The van der Waals surface area contributed by atoms with E-state index in [-0.39, 0.29) is 6.04 Å². The third-order valence-electron chi connectivity index (χ3n) is 5.58. The number of likely N-dealkylation sites (tertiary alicyclic amines) is 1. The largest absolute Gasteiger partial charge is 0.497 e. The first-order valence-corrected chi connectivity index (χ1v) is 10.1. The summed E-state index contributed by atoms with van der Waals surface area (Å²) in [4.78, 5) is 7.04. The van der Waals surface area contributed by atoms with Gasteiger partial charge in [0.15, 0.2) is 0 Å². The minimum atomic E-state index is 0.252. The van der Waals surface area contributed by atoms with Crippen molar-refractivity contribution in [1.82, 2.24) is 9.88 Å². The molecule has 6 heteroatoms. The lowest BCUT2D eigenvalue weighted by Crippen LogP contribution is -2.23. The fourth-order valence-electron chi connectivity index (χ4n) is 4.09. The highest BCUT2D eigenvalue weighted by atomic mass is 35.5. The molecule has 0 amide bonds. The van der Waals surface area contributed by atoms with E-state index in [0.29, 0.717) is 5.15 Å². The second-order valence-electron chi connectivity index (χ2n) is 7.23. The number of methoxy groups -OCH3 is 3. The van der Waals surface area contributed by atoms with Crippen molar-refractivity contribution < 1.29 is 14.2 Å². The summed E-state index contributed by atoms with van der Waals surface area (Å²) < 4.78 is 16.4. The van der Waals surface area contributed by atoms with Gasteiger partial charge in [0, 0.05) is 35.2 Å². The van der Waals surface area contributed by atoms with E-state index in [1.807, 2.05) is 30.3 Å². The molecule has 1 aliphatic heterocycles. The molecule has 1 fully saturated rings. The Labute approximate surface area is 176 Å². The van der Waals surface area contributed by atoms with Gasteiger partial charge < -0.3 is 14.2 Å². The number of halogens is 1. The Hall–Kier alpha value is -2.50. The van der Waals surface area contributed by atoms with E-state index >= 15 is 0 Å². The van der Waals surface area contributed by atoms with Crippen LogP contribution in [0.25, 0.3) is 10.9 Å². The Kier molecular flexibility index (Phi) is 5.79. The molecule has 1 atom stereocenters. The van der Waals surface area contributed by atoms with Gasteiger partial charge in [-0.2, -0.15) is 0 Å². The second-order valence-corrected chi connectivity index (χ2v) is 7.59. The number of fused-ring (bicyclic) bond motifs is 1. The summed E-state index contributed by atoms with van der Waals surface area (Å²) >= 11 is 6.55. The lowest BCUT2D eigenvalue weighted by molar-refractivity contribution is 0.242. The van der Waals surface area contributed by atoms with E-state index in [4.69, 9.17) is 25.8 Å². The van der Waals surface area contributed by atoms with Crippen molar-refractivity contribution in [3.8, 4) is 17.2 Å². The minimum Gasteiger partial charge on any atom is -0.497 e. The predicted molar refractivity (Wildman–Crippen MR) is 115 cm³/mol. The molecule has 5 nitrogen and oxygen atoms in total. The highest BCUT2D eigenvalue weighted by Crippen LogP contribution is 2.40. The topological polar surface area (TPSA) is 43.8 Å². The minimum absolute atomic E-state index is 0.252. The molecule has 29 heavy (non-hydrogen) atoms. The van der Waals surface area contributed by atoms with Gasteiger partial charge in [-0.05, 0) is 55.8 Å². The molecule has 4 rings (SSSR count). The number of benzene rings is 2. The van der Waals surface area contributed by atoms with Crippen molar-refractivity contribution >= 4 is 22.5 Å². The molecule has 2 heterocycles. The Morgan fingerprint density at radius 1 is 1.00 bits per heavy atom. The van der Waals surface area contributed by atoms with Crippen LogP contribution in [0.5, 0.6) is 17.2 Å². The van der Waals surface area contributed by atoms with Gasteiger partial charge in [-0.15, -0.1) is 0 Å². The fourth-order valence-corrected chi connectivity index (χ4v) is 4.30. The molecular weight excluding hydrogens is 388 g/mol. The summed E-state index contributed by atoms with van der Waals surface area (Å²) in [5.74, 6) is 2.50. The van der Waals surface area contributed by atoms with Gasteiger partial charge in [-0.1, -0.05) is 11.6 Å². The summed E-state index contributed by atoms with van der Waals surface area (Å²) in [5.41, 5.74) is 3.02. The quantitative estimate of drug-likeness (QED) is 0.517. The molecular formula is C23H25ClN2O3. The van der Waals surface area contributed by atoms with E-state index in [1.54, 1.807) is 21.3 Å². The van der Waals surface area contributed by atoms with Crippen molar-refractivity contribution in [3.05, 3.63) is 58.7 Å². The molecule has 0 bridgehead atoms. The predicted octanol–water partition coefficient (Wildman–Crippen LogP) is 5.25. The Bertz CT molecular complexity index is 1020. The van der Waals surface area contributed by atoms with Crippen molar-refractivity contribution in [2.45, 2.75) is 25.4 Å². The zero-order chi connectivity index (χ0) is 20.4. The molecule has 0 unspecified atom stereocenters. The number of hydrogen-bond acceptors (Lipinski definition) is 5. The first-order valence-electron chi connectivity index (χ1n) is 9.72. The van der Waals surface area contributed by atoms with Gasteiger partial charge in [0.1, 0.15) is 22.4 Å². The van der Waals surface area contributed by atoms with Crippen LogP contribution in [0.1, 0.15) is 30.0 Å². The van der Waals surface area contributed by atoms with Gasteiger partial charge in [0.05, 0.1) is 26.8 Å². The fraction of sp³-hybridized carbons (Fsp3) is 0.348. The average Bonchev–Trinajstić information content (AvgIpc) is 3.21. The number of hydrogen-bond donors (Lipinski definition) is 0. The summed E-state index contributed by atoms with van der Waals surface area (Å²) in [6.07, 6.45) is 2.19. The Balaban J connectivity index is 1.64. The third-order valence-corrected chi connectivity index (χ3v) is 5.91. The van der Waals surface area contributed by atoms with Gasteiger partial charge in [0.25, 0.3) is 0 Å². The lowest BCUT2D eigenvalue weighted by atomic mass is 10.0. The summed E-state index contributed by atoms with van der Waals surface area (Å²) in [7, 11) is 5.05. The number of ether oxygens (including phenoxy) is 3. The molecule has 3 aromatic rings. The maximum absolute atomic E-state index is 6.55. The van der Waals surface area contributed by atoms with Crippen LogP contribution in [-0.4, -0.2) is 37.8 Å². The highest BCUT2D eigenvalue weighted by molar-refractivity contribution is 6.30. The SMILES string of the molecule is COc1ccc(OC)c([C@H]2CCCN2Cc2cc3ccc(OC)cc3nc2Cl)c1. The van der Waals surface area contributed by atoms with Crippen LogP contribution in [-0.2, 0) is 6.54 Å². The van der Waals surface area contributed by atoms with E-state index < -0.39 is 0 Å². The van der Waals surface area contributed by atoms with Crippen molar-refractivity contribution in [2.24, 2.45) is 0 Å². The van der Waals surface area contributed by atoms with Crippen LogP contribution >= 0.6 is 11.6 Å². The Morgan fingerprint density at radius 2 is 1.76 bits per heavy atom. The summed E-state index contributed by atoms with van der Waals surface area (Å²) in [6, 6.07) is 14.2. The van der Waals surface area contributed by atoms with E-state index in [9.17, 15) is 0 Å². The van der Waals surface area contributed by atoms with Crippen LogP contribution in [0.2, 0.25) is 5.15 Å². The maximum atomic E-state index is 6.55. The molecule has 0 aliphatic carbocycles. The number of nitrogens with zero attached hydrogens (tertiary/aromatic N) is 2. The van der Waals surface area contributed by atoms with Crippen LogP contribution in [0.15, 0.2) is 42.5 Å². The lowest BCUT2D eigenvalue weighted by Gasteiger charge is -2.27. The van der Waals surface area contributed by atoms with Gasteiger partial charge in [-0.3, -0.25) is 4.90 Å². The average molecular weight is 413 g/mol. The molecule has 1 aliphatic rings. The number of aromatic nitrogens is 1. The molecule has 1 aromatic heterocycles. The normalized spacial score (nSPS) is 16.9. The van der Waals surface area contributed by atoms with Crippen molar-refractivity contribution in [3.63, 3.8) is 0 Å². The number of pyridine rings is 1. The second kappa shape index (κ2) is 8.47. The molecule has 0 radical (unpaired) electrons. The Morgan fingerprint density at radius 3 is 2.52 bits per heavy atom. The zero-order valence-corrected chi connectivity index (χ0v) is 17.7. The first-order chi connectivity index (χ1) is 14.1. The van der Waals surface area contributed by atoms with E-state index in [1.165, 1.54) is 0 Å². The molecule has 1 saturated heterocycles. The van der Waals surface area contributed by atoms with Crippen LogP contribution in [0.3, 0.4) is 0 Å². The van der Waals surface area contributed by atoms with E-state index in [2.05, 4.69) is 22.0 Å². The maximum Gasteiger partial charge on any atom is 0.134 e. The van der Waals surface area contributed by atoms with E-state index in [0.717, 1.165) is 65.2 Å². The molecule has 152 valence electrons. The van der Waals surface area contributed by atoms with Gasteiger partial charge >= 0.3 is 0 Å². The molecule has 0 N–H and O–H groups in total. The summed E-state index contributed by atoms with van der Waals surface area (Å²) in [6.45, 7) is 1.74. The first kappa shape index (κ1) is 19.8.